The normalized spacial score (nSPS) is 12.2. The Labute approximate surface area is 142 Å². The quantitative estimate of drug-likeness (QED) is 0.835. The number of methoxy groups -OCH3 is 1. The number of rotatable bonds is 7. The molecule has 6 heteroatoms. The van der Waals surface area contributed by atoms with E-state index in [2.05, 4.69) is 5.10 Å². The highest BCUT2D eigenvalue weighted by Gasteiger charge is 2.19. The van der Waals surface area contributed by atoms with Crippen molar-refractivity contribution in [3.8, 4) is 5.69 Å². The number of hydrogen-bond acceptors (Lipinski definition) is 4. The summed E-state index contributed by atoms with van der Waals surface area (Å²) in [5.41, 5.74) is 3.70. The van der Waals surface area contributed by atoms with Crippen LogP contribution in [-0.2, 0) is 16.0 Å². The fourth-order valence-corrected chi connectivity index (χ4v) is 2.70. The summed E-state index contributed by atoms with van der Waals surface area (Å²) in [7, 11) is 3.21. The Morgan fingerprint density at radius 3 is 2.62 bits per heavy atom. The van der Waals surface area contributed by atoms with Crippen molar-refractivity contribution in [2.75, 3.05) is 27.3 Å². The molecule has 1 N–H and O–H groups in total. The van der Waals surface area contributed by atoms with Crippen molar-refractivity contribution in [3.63, 3.8) is 0 Å². The molecule has 2 aromatic rings. The van der Waals surface area contributed by atoms with Crippen molar-refractivity contribution in [2.24, 2.45) is 0 Å². The number of hydrogen-bond donors (Lipinski definition) is 1. The van der Waals surface area contributed by atoms with Crippen LogP contribution in [0.25, 0.3) is 5.69 Å². The first-order valence-corrected chi connectivity index (χ1v) is 7.95. The number of para-hydroxylation sites is 1. The topological polar surface area (TPSA) is 67.6 Å². The molecule has 0 aliphatic rings. The Morgan fingerprint density at radius 2 is 2.00 bits per heavy atom. The number of aryl methyl sites for hydroxylation is 1. The fraction of sp³-hybridized carbons (Fsp3) is 0.444. The molecule has 1 unspecified atom stereocenters. The Kier molecular flexibility index (Phi) is 6.11. The zero-order chi connectivity index (χ0) is 17.7. The Balaban J connectivity index is 2.13. The smallest absolute Gasteiger partial charge is 0.226 e. The van der Waals surface area contributed by atoms with Gasteiger partial charge in [0.15, 0.2) is 0 Å². The minimum Gasteiger partial charge on any atom is -0.389 e. The van der Waals surface area contributed by atoms with E-state index in [-0.39, 0.29) is 25.5 Å². The predicted molar refractivity (Wildman–Crippen MR) is 92.3 cm³/mol. The second-order valence-corrected chi connectivity index (χ2v) is 5.96. The second-order valence-electron chi connectivity index (χ2n) is 5.96. The first kappa shape index (κ1) is 18.2. The van der Waals surface area contributed by atoms with Gasteiger partial charge in [-0.05, 0) is 26.0 Å². The van der Waals surface area contributed by atoms with E-state index in [4.69, 9.17) is 4.74 Å². The molecule has 1 atom stereocenters. The van der Waals surface area contributed by atoms with Gasteiger partial charge in [-0.1, -0.05) is 18.2 Å². The second kappa shape index (κ2) is 8.08. The molecule has 0 aliphatic heterocycles. The van der Waals surface area contributed by atoms with Gasteiger partial charge in [-0.15, -0.1) is 0 Å². The number of aliphatic hydroxyl groups is 1. The van der Waals surface area contributed by atoms with Crippen molar-refractivity contribution >= 4 is 5.91 Å². The number of ether oxygens (including phenoxy) is 1. The lowest BCUT2D eigenvalue weighted by molar-refractivity contribution is -0.130. The molecule has 0 saturated heterocycles. The molecule has 0 fully saturated rings. The van der Waals surface area contributed by atoms with Crippen LogP contribution in [0.3, 0.4) is 0 Å². The summed E-state index contributed by atoms with van der Waals surface area (Å²) < 4.78 is 6.75. The van der Waals surface area contributed by atoms with E-state index >= 15 is 0 Å². The van der Waals surface area contributed by atoms with Gasteiger partial charge in [-0.2, -0.15) is 5.10 Å². The summed E-state index contributed by atoms with van der Waals surface area (Å²) in [5, 5.41) is 14.3. The zero-order valence-electron chi connectivity index (χ0n) is 14.7. The van der Waals surface area contributed by atoms with Crippen LogP contribution in [0.1, 0.15) is 17.0 Å². The maximum atomic E-state index is 12.4. The van der Waals surface area contributed by atoms with Gasteiger partial charge >= 0.3 is 0 Å². The predicted octanol–water partition coefficient (Wildman–Crippen LogP) is 1.50. The monoisotopic (exact) mass is 331 g/mol. The highest BCUT2D eigenvalue weighted by molar-refractivity contribution is 5.79. The van der Waals surface area contributed by atoms with Crippen LogP contribution in [0.4, 0.5) is 0 Å². The molecule has 1 amide bonds. The molecule has 0 bridgehead atoms. The van der Waals surface area contributed by atoms with Crippen LogP contribution in [0, 0.1) is 13.8 Å². The third kappa shape index (κ3) is 4.21. The highest BCUT2D eigenvalue weighted by atomic mass is 16.5. The maximum Gasteiger partial charge on any atom is 0.226 e. The van der Waals surface area contributed by atoms with Crippen molar-refractivity contribution < 1.29 is 14.6 Å². The Hall–Kier alpha value is -2.18. The number of amides is 1. The number of likely N-dealkylation sites (N-methyl/N-ethyl adjacent to an activating group) is 1. The molecular formula is C18H25N3O3. The van der Waals surface area contributed by atoms with E-state index in [1.54, 1.807) is 7.05 Å². The van der Waals surface area contributed by atoms with Crippen LogP contribution in [0.5, 0.6) is 0 Å². The van der Waals surface area contributed by atoms with Crippen LogP contribution in [0.2, 0.25) is 0 Å². The van der Waals surface area contributed by atoms with E-state index in [9.17, 15) is 9.90 Å². The lowest BCUT2D eigenvalue weighted by atomic mass is 10.1. The summed E-state index contributed by atoms with van der Waals surface area (Å²) in [6.45, 7) is 4.34. The molecule has 0 aliphatic carbocycles. The maximum absolute atomic E-state index is 12.4. The number of carbonyl (C=O) groups is 1. The number of aromatic nitrogens is 2. The van der Waals surface area contributed by atoms with Gasteiger partial charge in [-0.25, -0.2) is 4.68 Å². The first-order chi connectivity index (χ1) is 11.4. The molecule has 1 aromatic heterocycles. The molecule has 130 valence electrons. The van der Waals surface area contributed by atoms with Crippen molar-refractivity contribution in [1.82, 2.24) is 14.7 Å². The lowest BCUT2D eigenvalue weighted by Gasteiger charge is -2.20. The molecular weight excluding hydrogens is 306 g/mol. The number of aliphatic hydroxyl groups excluding tert-OH is 1. The summed E-state index contributed by atoms with van der Waals surface area (Å²) in [5.74, 6) is -0.0519. The van der Waals surface area contributed by atoms with E-state index in [1.807, 2.05) is 48.9 Å². The van der Waals surface area contributed by atoms with Crippen LogP contribution >= 0.6 is 0 Å². The van der Waals surface area contributed by atoms with Crippen LogP contribution in [-0.4, -0.2) is 59.1 Å². The SMILES string of the molecule is COCC(O)CN(C)C(=O)Cc1c(C)nn(-c2ccccc2)c1C. The summed E-state index contributed by atoms with van der Waals surface area (Å²) >= 11 is 0. The third-order valence-corrected chi connectivity index (χ3v) is 4.04. The van der Waals surface area contributed by atoms with Gasteiger partial charge in [0, 0.05) is 32.0 Å². The standard InChI is InChI=1S/C18H25N3O3/c1-13-17(10-18(23)20(3)11-16(22)12-24-4)14(2)21(19-13)15-8-6-5-7-9-15/h5-9,16,22H,10-12H2,1-4H3. The van der Waals surface area contributed by atoms with Gasteiger partial charge in [0.1, 0.15) is 0 Å². The van der Waals surface area contributed by atoms with Crippen molar-refractivity contribution in [3.05, 3.63) is 47.3 Å². The Bertz CT molecular complexity index is 682. The van der Waals surface area contributed by atoms with Gasteiger partial charge in [0.25, 0.3) is 0 Å². The number of nitrogens with zero attached hydrogens (tertiary/aromatic N) is 3. The average molecular weight is 331 g/mol. The average Bonchev–Trinajstić information content (AvgIpc) is 2.84. The van der Waals surface area contributed by atoms with Crippen LogP contribution in [0.15, 0.2) is 30.3 Å². The lowest BCUT2D eigenvalue weighted by Crippen LogP contribution is -2.37. The van der Waals surface area contributed by atoms with Crippen LogP contribution < -0.4 is 0 Å². The van der Waals surface area contributed by atoms with E-state index in [0.29, 0.717) is 0 Å². The molecule has 1 aromatic carbocycles. The van der Waals surface area contributed by atoms with Gasteiger partial charge in [-0.3, -0.25) is 4.79 Å². The zero-order valence-corrected chi connectivity index (χ0v) is 14.7. The van der Waals surface area contributed by atoms with E-state index in [1.165, 1.54) is 12.0 Å². The molecule has 0 spiro atoms. The summed E-state index contributed by atoms with van der Waals surface area (Å²) in [4.78, 5) is 14.0. The van der Waals surface area contributed by atoms with Crippen molar-refractivity contribution in [1.29, 1.82) is 0 Å². The van der Waals surface area contributed by atoms with Gasteiger partial charge in [0.2, 0.25) is 5.91 Å². The number of benzene rings is 1. The molecule has 0 radical (unpaired) electrons. The molecule has 0 saturated carbocycles. The minimum atomic E-state index is -0.682. The van der Waals surface area contributed by atoms with E-state index in [0.717, 1.165) is 22.6 Å². The largest absolute Gasteiger partial charge is 0.389 e. The molecule has 24 heavy (non-hydrogen) atoms. The van der Waals surface area contributed by atoms with E-state index < -0.39 is 6.10 Å². The van der Waals surface area contributed by atoms with Gasteiger partial charge < -0.3 is 14.7 Å². The third-order valence-electron chi connectivity index (χ3n) is 4.04. The molecule has 6 nitrogen and oxygen atoms in total. The minimum absolute atomic E-state index is 0.0519. The number of carbonyl (C=O) groups excluding carboxylic acids is 1. The molecule has 2 rings (SSSR count). The molecule has 1 heterocycles. The Morgan fingerprint density at radius 1 is 1.33 bits per heavy atom. The highest BCUT2D eigenvalue weighted by Crippen LogP contribution is 2.18. The summed E-state index contributed by atoms with van der Waals surface area (Å²) in [6, 6.07) is 9.85. The van der Waals surface area contributed by atoms with Crippen molar-refractivity contribution in [2.45, 2.75) is 26.4 Å². The first-order valence-electron chi connectivity index (χ1n) is 7.95. The fourth-order valence-electron chi connectivity index (χ4n) is 2.70. The summed E-state index contributed by atoms with van der Waals surface area (Å²) in [6.07, 6.45) is -0.418. The van der Waals surface area contributed by atoms with Gasteiger partial charge in [0.05, 0.1) is 30.5 Å².